The van der Waals surface area contributed by atoms with Crippen LogP contribution in [-0.2, 0) is 0 Å². The van der Waals surface area contributed by atoms with Crippen LogP contribution in [0.2, 0.25) is 0 Å². The van der Waals surface area contributed by atoms with E-state index < -0.39 is 0 Å². The van der Waals surface area contributed by atoms with Gasteiger partial charge in [-0.05, 0) is 22.5 Å². The molecule has 4 rings (SSSR count). The third-order valence-electron chi connectivity index (χ3n) is 4.01. The molecule has 0 fully saturated rings. The number of rotatable bonds is 3. The number of aldehydes is 1. The lowest BCUT2D eigenvalue weighted by Crippen LogP contribution is -2.00. The van der Waals surface area contributed by atoms with E-state index in [2.05, 4.69) is 43.6 Å². The second-order valence-electron chi connectivity index (χ2n) is 5.42. The molecule has 5 heteroatoms. The van der Waals surface area contributed by atoms with Gasteiger partial charge in [-0.3, -0.25) is 4.79 Å². The molecule has 0 aliphatic carbocycles. The Morgan fingerprint density at radius 1 is 0.917 bits per heavy atom. The average molecular weight is 331 g/mol. The number of hydrogen-bond acceptors (Lipinski definition) is 3. The van der Waals surface area contributed by atoms with Crippen molar-refractivity contribution >= 4 is 26.5 Å². The number of fused-ring (bicyclic) bond motifs is 1. The van der Waals surface area contributed by atoms with Crippen LogP contribution >= 0.6 is 9.24 Å². The van der Waals surface area contributed by atoms with Crippen molar-refractivity contribution in [3.63, 3.8) is 0 Å². The van der Waals surface area contributed by atoms with E-state index in [1.54, 1.807) is 16.9 Å². The van der Waals surface area contributed by atoms with Gasteiger partial charge in [0.05, 0.1) is 17.5 Å². The first-order valence-electron chi connectivity index (χ1n) is 7.52. The largest absolute Gasteiger partial charge is 0.298 e. The number of carbonyl (C=O) groups excluding carboxylic acids is 1. The minimum Gasteiger partial charge on any atom is -0.298 e. The predicted octanol–water partition coefficient (Wildman–Crippen LogP) is 3.38. The minimum atomic E-state index is 0.487. The molecule has 0 aliphatic rings. The van der Waals surface area contributed by atoms with Crippen LogP contribution in [0.3, 0.4) is 0 Å². The molecule has 0 amide bonds. The Morgan fingerprint density at radius 2 is 1.62 bits per heavy atom. The van der Waals surface area contributed by atoms with Crippen molar-refractivity contribution in [2.24, 2.45) is 0 Å². The molecule has 0 radical (unpaired) electrons. The molecule has 0 aliphatic heterocycles. The number of benzene rings is 2. The zero-order valence-electron chi connectivity index (χ0n) is 12.8. The fraction of sp³-hybridized carbons (Fsp3) is 0. The smallest absolute Gasteiger partial charge is 0.166 e. The Bertz CT molecular complexity index is 1060. The Morgan fingerprint density at radius 3 is 2.38 bits per heavy atom. The summed E-state index contributed by atoms with van der Waals surface area (Å²) in [5.41, 5.74) is 5.25. The van der Waals surface area contributed by atoms with E-state index in [0.717, 1.165) is 34.0 Å². The highest BCUT2D eigenvalue weighted by Crippen LogP contribution is 2.31. The van der Waals surface area contributed by atoms with Crippen molar-refractivity contribution in [1.82, 2.24) is 14.6 Å². The first-order valence-corrected chi connectivity index (χ1v) is 8.09. The van der Waals surface area contributed by atoms with Crippen molar-refractivity contribution in [1.29, 1.82) is 0 Å². The van der Waals surface area contributed by atoms with Crippen LogP contribution in [0.25, 0.3) is 28.0 Å². The highest BCUT2D eigenvalue weighted by molar-refractivity contribution is 7.28. The monoisotopic (exact) mass is 331 g/mol. The number of aromatic nitrogens is 3. The van der Waals surface area contributed by atoms with Crippen LogP contribution < -0.4 is 5.30 Å². The number of carbonyl (C=O) groups is 1. The molecule has 0 bridgehead atoms. The fourth-order valence-corrected chi connectivity index (χ4v) is 3.24. The van der Waals surface area contributed by atoms with Gasteiger partial charge >= 0.3 is 0 Å². The normalized spacial score (nSPS) is 10.9. The van der Waals surface area contributed by atoms with E-state index in [4.69, 9.17) is 0 Å². The molecule has 1 atom stereocenters. The molecule has 24 heavy (non-hydrogen) atoms. The molecule has 2 heterocycles. The molecule has 0 saturated heterocycles. The standard InChI is InChI=1S/C19H14N3OP/c23-12-13-11-21-22-17(9-10-20-19(13)22)15-6-2-1-5-14(15)16-7-3-4-8-18(16)24/h1-12H,24H2. The third-order valence-corrected chi connectivity index (χ3v) is 4.51. The quantitative estimate of drug-likeness (QED) is 0.427. The second kappa shape index (κ2) is 5.99. The van der Waals surface area contributed by atoms with E-state index in [-0.39, 0.29) is 0 Å². The second-order valence-corrected chi connectivity index (χ2v) is 6.04. The molecule has 0 saturated carbocycles. The summed E-state index contributed by atoms with van der Waals surface area (Å²) in [5.74, 6) is 0. The first kappa shape index (κ1) is 14.7. The average Bonchev–Trinajstić information content (AvgIpc) is 3.05. The van der Waals surface area contributed by atoms with Gasteiger partial charge in [0.2, 0.25) is 0 Å². The van der Waals surface area contributed by atoms with Gasteiger partial charge in [0.25, 0.3) is 0 Å². The molecular formula is C19H14N3OP. The minimum absolute atomic E-state index is 0.487. The van der Waals surface area contributed by atoms with Crippen molar-refractivity contribution < 1.29 is 4.79 Å². The van der Waals surface area contributed by atoms with Gasteiger partial charge in [-0.25, -0.2) is 9.50 Å². The summed E-state index contributed by atoms with van der Waals surface area (Å²) in [6.07, 6.45) is 4.04. The molecule has 2 aromatic heterocycles. The van der Waals surface area contributed by atoms with Gasteiger partial charge < -0.3 is 0 Å². The van der Waals surface area contributed by atoms with Crippen LogP contribution in [0.1, 0.15) is 10.4 Å². The Labute approximate surface area is 141 Å². The maximum absolute atomic E-state index is 11.2. The lowest BCUT2D eigenvalue weighted by molar-refractivity contribution is 0.112. The first-order chi connectivity index (χ1) is 11.8. The summed E-state index contributed by atoms with van der Waals surface area (Å²) < 4.78 is 1.72. The third kappa shape index (κ3) is 2.32. The van der Waals surface area contributed by atoms with E-state index >= 15 is 0 Å². The van der Waals surface area contributed by atoms with Gasteiger partial charge in [-0.1, -0.05) is 48.5 Å². The van der Waals surface area contributed by atoms with Crippen LogP contribution in [0.5, 0.6) is 0 Å². The molecule has 0 spiro atoms. The fourth-order valence-electron chi connectivity index (χ4n) is 2.88. The zero-order valence-corrected chi connectivity index (χ0v) is 13.9. The Kier molecular flexibility index (Phi) is 3.68. The highest BCUT2D eigenvalue weighted by Gasteiger charge is 2.14. The van der Waals surface area contributed by atoms with Crippen LogP contribution in [0.4, 0.5) is 0 Å². The molecule has 2 aromatic carbocycles. The zero-order chi connectivity index (χ0) is 16.5. The lowest BCUT2D eigenvalue weighted by Gasteiger charge is -2.13. The molecule has 0 N–H and O–H groups in total. The highest BCUT2D eigenvalue weighted by atomic mass is 31.0. The van der Waals surface area contributed by atoms with Crippen LogP contribution in [0.15, 0.2) is 67.0 Å². The summed E-state index contributed by atoms with van der Waals surface area (Å²) in [6.45, 7) is 0. The van der Waals surface area contributed by atoms with Gasteiger partial charge in [0.1, 0.15) is 0 Å². The maximum Gasteiger partial charge on any atom is 0.166 e. The summed E-state index contributed by atoms with van der Waals surface area (Å²) >= 11 is 0. The topological polar surface area (TPSA) is 47.3 Å². The van der Waals surface area contributed by atoms with Crippen molar-refractivity contribution in [3.05, 3.63) is 72.6 Å². The number of nitrogens with zero attached hydrogens (tertiary/aromatic N) is 3. The molecular weight excluding hydrogens is 317 g/mol. The van der Waals surface area contributed by atoms with Crippen LogP contribution in [-0.4, -0.2) is 20.9 Å². The maximum atomic E-state index is 11.2. The van der Waals surface area contributed by atoms with E-state index in [1.165, 1.54) is 0 Å². The lowest BCUT2D eigenvalue weighted by atomic mass is 9.97. The van der Waals surface area contributed by atoms with Crippen molar-refractivity contribution in [2.75, 3.05) is 0 Å². The predicted molar refractivity (Wildman–Crippen MR) is 98.6 cm³/mol. The molecule has 1 unspecified atom stereocenters. The molecule has 116 valence electrons. The summed E-state index contributed by atoms with van der Waals surface area (Å²) in [7, 11) is 2.78. The van der Waals surface area contributed by atoms with Gasteiger partial charge in [-0.2, -0.15) is 5.10 Å². The Hall–Kier alpha value is -2.84. The summed E-state index contributed by atoms with van der Waals surface area (Å²) in [4.78, 5) is 15.4. The van der Waals surface area contributed by atoms with Crippen molar-refractivity contribution in [2.45, 2.75) is 0 Å². The van der Waals surface area contributed by atoms with Gasteiger partial charge in [0, 0.05) is 11.8 Å². The van der Waals surface area contributed by atoms with Crippen molar-refractivity contribution in [3.8, 4) is 22.4 Å². The van der Waals surface area contributed by atoms with E-state index in [1.807, 2.05) is 30.3 Å². The number of hydrogen-bond donors (Lipinski definition) is 0. The van der Waals surface area contributed by atoms with Gasteiger partial charge in [-0.15, -0.1) is 9.24 Å². The van der Waals surface area contributed by atoms with E-state index in [9.17, 15) is 4.79 Å². The SMILES string of the molecule is O=Cc1cnn2c(-c3ccccc3-c3ccccc3P)ccnc12. The van der Waals surface area contributed by atoms with E-state index in [0.29, 0.717) is 11.2 Å². The molecule has 4 nitrogen and oxygen atoms in total. The summed E-state index contributed by atoms with van der Waals surface area (Å²) in [5, 5.41) is 5.47. The molecule has 4 aromatic rings. The Balaban J connectivity index is 2.01. The van der Waals surface area contributed by atoms with Gasteiger partial charge in [0.15, 0.2) is 11.9 Å². The van der Waals surface area contributed by atoms with Crippen LogP contribution in [0, 0.1) is 0 Å². The summed E-state index contributed by atoms with van der Waals surface area (Å²) in [6, 6.07) is 18.3.